The molecule has 0 fully saturated rings. The Hall–Kier alpha value is -0.640. The lowest BCUT2D eigenvalue weighted by Crippen LogP contribution is -2.32. The zero-order chi connectivity index (χ0) is 12.3. The van der Waals surface area contributed by atoms with Crippen LogP contribution < -0.4 is 5.32 Å². The fourth-order valence-corrected chi connectivity index (χ4v) is 2.76. The number of hydrogen-bond donors (Lipinski definition) is 1. The molecule has 2 unspecified atom stereocenters. The van der Waals surface area contributed by atoms with Gasteiger partial charge in [0.15, 0.2) is 0 Å². The Morgan fingerprint density at radius 2 is 2.12 bits per heavy atom. The highest BCUT2D eigenvalue weighted by atomic mass is 35.5. The molecular formula is C13H17ClN2S. The molecule has 0 aliphatic carbocycles. The highest BCUT2D eigenvalue weighted by Crippen LogP contribution is 2.21. The molecule has 2 atom stereocenters. The second-order valence-corrected chi connectivity index (χ2v) is 5.80. The van der Waals surface area contributed by atoms with Gasteiger partial charge in [0.25, 0.3) is 0 Å². The molecule has 1 aromatic heterocycles. The van der Waals surface area contributed by atoms with E-state index in [1.54, 1.807) is 11.3 Å². The first-order valence-electron chi connectivity index (χ1n) is 5.84. The number of nitrogens with zero attached hydrogens (tertiary/aromatic N) is 1. The van der Waals surface area contributed by atoms with E-state index in [2.05, 4.69) is 42.3 Å². The van der Waals surface area contributed by atoms with Crippen LogP contribution in [-0.4, -0.2) is 16.9 Å². The van der Waals surface area contributed by atoms with Crippen LogP contribution in [-0.2, 0) is 6.54 Å². The molecule has 2 rings (SSSR count). The average Bonchev–Trinajstić information content (AvgIpc) is 2.77. The van der Waals surface area contributed by atoms with Crippen molar-refractivity contribution in [3.05, 3.63) is 29.3 Å². The van der Waals surface area contributed by atoms with E-state index in [1.807, 2.05) is 6.07 Å². The van der Waals surface area contributed by atoms with Gasteiger partial charge >= 0.3 is 0 Å². The number of thiazole rings is 1. The first-order valence-corrected chi connectivity index (χ1v) is 7.19. The lowest BCUT2D eigenvalue weighted by Gasteiger charge is -2.18. The summed E-state index contributed by atoms with van der Waals surface area (Å²) in [7, 11) is 0. The maximum atomic E-state index is 5.84. The normalized spacial score (nSPS) is 15.0. The highest BCUT2D eigenvalue weighted by Gasteiger charge is 2.11. The fourth-order valence-electron chi connectivity index (χ4n) is 1.58. The number of benzene rings is 1. The zero-order valence-corrected chi connectivity index (χ0v) is 11.7. The first kappa shape index (κ1) is 12.8. The summed E-state index contributed by atoms with van der Waals surface area (Å²) in [5.41, 5.74) is 1.09. The van der Waals surface area contributed by atoms with Gasteiger partial charge in [-0.2, -0.15) is 0 Å². The van der Waals surface area contributed by atoms with E-state index in [0.29, 0.717) is 17.8 Å². The molecule has 0 aliphatic heterocycles. The van der Waals surface area contributed by atoms with Gasteiger partial charge in [-0.1, -0.05) is 19.1 Å². The smallest absolute Gasteiger partial charge is 0.108 e. The number of halogens is 1. The topological polar surface area (TPSA) is 24.9 Å². The van der Waals surface area contributed by atoms with E-state index in [-0.39, 0.29) is 0 Å². The SMILES string of the molecule is CC(CCl)C(C)NCc1nc2ccccc2s1. The zero-order valence-electron chi connectivity index (χ0n) is 10.1. The first-order chi connectivity index (χ1) is 8.20. The molecule has 0 aliphatic rings. The summed E-state index contributed by atoms with van der Waals surface area (Å²) < 4.78 is 1.25. The summed E-state index contributed by atoms with van der Waals surface area (Å²) >= 11 is 7.59. The Morgan fingerprint density at radius 3 is 2.82 bits per heavy atom. The lowest BCUT2D eigenvalue weighted by atomic mass is 10.1. The molecule has 17 heavy (non-hydrogen) atoms. The summed E-state index contributed by atoms with van der Waals surface area (Å²) in [5, 5.41) is 4.61. The molecule has 0 saturated carbocycles. The standard InChI is InChI=1S/C13H17ClN2S/c1-9(7-14)10(2)15-8-13-16-11-5-3-4-6-12(11)17-13/h3-6,9-10,15H,7-8H2,1-2H3. The predicted octanol–water partition coefficient (Wildman–Crippen LogP) is 3.65. The van der Waals surface area contributed by atoms with Gasteiger partial charge in [-0.3, -0.25) is 0 Å². The molecule has 2 aromatic rings. The number of alkyl halides is 1. The minimum Gasteiger partial charge on any atom is -0.308 e. The number of fused-ring (bicyclic) bond motifs is 1. The third-order valence-corrected chi connectivity index (χ3v) is 4.53. The number of para-hydroxylation sites is 1. The van der Waals surface area contributed by atoms with Crippen LogP contribution in [0.5, 0.6) is 0 Å². The molecule has 0 radical (unpaired) electrons. The van der Waals surface area contributed by atoms with Crippen molar-refractivity contribution in [1.82, 2.24) is 10.3 Å². The van der Waals surface area contributed by atoms with Gasteiger partial charge in [-0.25, -0.2) is 4.98 Å². The summed E-state index contributed by atoms with van der Waals surface area (Å²) in [6, 6.07) is 8.66. The Labute approximate surface area is 111 Å². The van der Waals surface area contributed by atoms with E-state index in [4.69, 9.17) is 11.6 Å². The third-order valence-electron chi connectivity index (χ3n) is 3.01. The van der Waals surface area contributed by atoms with Crippen LogP contribution in [0.1, 0.15) is 18.9 Å². The Balaban J connectivity index is 1.99. The molecule has 0 spiro atoms. The third kappa shape index (κ3) is 3.18. The molecule has 1 heterocycles. The largest absolute Gasteiger partial charge is 0.308 e. The predicted molar refractivity (Wildman–Crippen MR) is 75.8 cm³/mol. The monoisotopic (exact) mass is 268 g/mol. The molecule has 0 bridgehead atoms. The van der Waals surface area contributed by atoms with Crippen LogP contribution >= 0.6 is 22.9 Å². The van der Waals surface area contributed by atoms with Gasteiger partial charge in [0.05, 0.1) is 10.2 Å². The van der Waals surface area contributed by atoms with Gasteiger partial charge in [0.2, 0.25) is 0 Å². The summed E-state index contributed by atoms with van der Waals surface area (Å²) in [4.78, 5) is 4.59. The van der Waals surface area contributed by atoms with Gasteiger partial charge < -0.3 is 5.32 Å². The molecule has 0 amide bonds. The van der Waals surface area contributed by atoms with Crippen molar-refractivity contribution in [2.45, 2.75) is 26.4 Å². The fraction of sp³-hybridized carbons (Fsp3) is 0.462. The Kier molecular flexibility index (Phi) is 4.37. The van der Waals surface area contributed by atoms with Crippen molar-refractivity contribution in [2.24, 2.45) is 5.92 Å². The Morgan fingerprint density at radius 1 is 1.35 bits per heavy atom. The number of hydrogen-bond acceptors (Lipinski definition) is 3. The molecular weight excluding hydrogens is 252 g/mol. The van der Waals surface area contributed by atoms with Crippen molar-refractivity contribution in [3.63, 3.8) is 0 Å². The minimum atomic E-state index is 0.416. The van der Waals surface area contributed by atoms with E-state index in [1.165, 1.54) is 4.70 Å². The quantitative estimate of drug-likeness (QED) is 0.838. The van der Waals surface area contributed by atoms with Crippen molar-refractivity contribution in [3.8, 4) is 0 Å². The van der Waals surface area contributed by atoms with Crippen LogP contribution in [0.4, 0.5) is 0 Å². The molecule has 92 valence electrons. The van der Waals surface area contributed by atoms with Gasteiger partial charge in [-0.15, -0.1) is 22.9 Å². The van der Waals surface area contributed by atoms with Crippen LogP contribution in [0.15, 0.2) is 24.3 Å². The van der Waals surface area contributed by atoms with Crippen molar-refractivity contribution in [2.75, 3.05) is 5.88 Å². The average molecular weight is 269 g/mol. The lowest BCUT2D eigenvalue weighted by molar-refractivity contribution is 0.429. The van der Waals surface area contributed by atoms with E-state index in [0.717, 1.165) is 17.1 Å². The second-order valence-electron chi connectivity index (χ2n) is 4.38. The maximum Gasteiger partial charge on any atom is 0.108 e. The Bertz CT molecular complexity index is 450. The maximum absolute atomic E-state index is 5.84. The molecule has 2 nitrogen and oxygen atoms in total. The van der Waals surface area contributed by atoms with E-state index in [9.17, 15) is 0 Å². The van der Waals surface area contributed by atoms with Crippen molar-refractivity contribution < 1.29 is 0 Å². The van der Waals surface area contributed by atoms with Crippen LogP contribution in [0.2, 0.25) is 0 Å². The van der Waals surface area contributed by atoms with Gasteiger partial charge in [0, 0.05) is 18.5 Å². The summed E-state index contributed by atoms with van der Waals surface area (Å²) in [6.45, 7) is 5.14. The van der Waals surface area contributed by atoms with Gasteiger partial charge in [0.1, 0.15) is 5.01 Å². The minimum absolute atomic E-state index is 0.416. The highest BCUT2D eigenvalue weighted by molar-refractivity contribution is 7.18. The molecule has 1 N–H and O–H groups in total. The number of rotatable bonds is 5. The van der Waals surface area contributed by atoms with E-state index < -0.39 is 0 Å². The van der Waals surface area contributed by atoms with Crippen LogP contribution in [0, 0.1) is 5.92 Å². The van der Waals surface area contributed by atoms with Crippen LogP contribution in [0.3, 0.4) is 0 Å². The van der Waals surface area contributed by atoms with Crippen LogP contribution in [0.25, 0.3) is 10.2 Å². The molecule has 1 aromatic carbocycles. The molecule has 4 heteroatoms. The van der Waals surface area contributed by atoms with Crippen molar-refractivity contribution in [1.29, 1.82) is 0 Å². The van der Waals surface area contributed by atoms with Gasteiger partial charge in [-0.05, 0) is 25.0 Å². The molecule has 0 saturated heterocycles. The second kappa shape index (κ2) is 5.80. The summed E-state index contributed by atoms with van der Waals surface area (Å²) in [5.74, 6) is 1.17. The number of aromatic nitrogens is 1. The van der Waals surface area contributed by atoms with Crippen molar-refractivity contribution >= 4 is 33.2 Å². The van der Waals surface area contributed by atoms with E-state index >= 15 is 0 Å². The number of nitrogens with one attached hydrogen (secondary N) is 1. The summed E-state index contributed by atoms with van der Waals surface area (Å²) in [6.07, 6.45) is 0.